The van der Waals surface area contributed by atoms with Crippen molar-refractivity contribution in [2.75, 3.05) is 0 Å². The third-order valence-corrected chi connectivity index (χ3v) is 3.35. The molecule has 2 rings (SSSR count). The highest BCUT2D eigenvalue weighted by Gasteiger charge is 2.31. The Hall–Kier alpha value is -2.01. The second-order valence-corrected chi connectivity index (χ2v) is 5.31. The average Bonchev–Trinajstić information content (AvgIpc) is 2.45. The minimum absolute atomic E-state index is 0.256. The van der Waals surface area contributed by atoms with Gasteiger partial charge >= 0.3 is 6.36 Å². The minimum Gasteiger partial charge on any atom is -0.406 e. The number of alkyl halides is 3. The summed E-state index contributed by atoms with van der Waals surface area (Å²) >= 11 is 0. The number of ether oxygens (including phenoxy) is 1. The zero-order chi connectivity index (χ0) is 16.3. The van der Waals surface area contributed by atoms with Crippen LogP contribution < -0.4 is 4.74 Å². The van der Waals surface area contributed by atoms with Crippen molar-refractivity contribution in [3.05, 3.63) is 53.6 Å². The molecule has 0 atom stereocenters. The minimum atomic E-state index is -4.74. The summed E-state index contributed by atoms with van der Waals surface area (Å²) in [5.74, 6) is 0.00165. The summed E-state index contributed by atoms with van der Waals surface area (Å²) in [4.78, 5) is 0. The number of benzene rings is 2. The molecule has 2 nitrogen and oxygen atoms in total. The molecule has 0 radical (unpaired) electrons. The van der Waals surface area contributed by atoms with Crippen molar-refractivity contribution in [1.82, 2.24) is 0 Å². The maximum atomic E-state index is 12.4. The van der Waals surface area contributed by atoms with Gasteiger partial charge in [0.05, 0.1) is 6.61 Å². The quantitative estimate of drug-likeness (QED) is 0.873. The molecule has 0 spiro atoms. The number of rotatable bonds is 4. The van der Waals surface area contributed by atoms with E-state index in [4.69, 9.17) is 0 Å². The van der Waals surface area contributed by atoms with E-state index in [9.17, 15) is 18.3 Å². The number of hydrogen-bond acceptors (Lipinski definition) is 2. The molecule has 0 aromatic heterocycles. The smallest absolute Gasteiger partial charge is 0.406 e. The van der Waals surface area contributed by atoms with E-state index in [-0.39, 0.29) is 12.4 Å². The SMILES string of the molecule is CC(C)c1cccc(-c2cc(OC(F)(F)F)ccc2CO)c1. The van der Waals surface area contributed by atoms with Crippen molar-refractivity contribution in [2.24, 2.45) is 0 Å². The first-order valence-electron chi connectivity index (χ1n) is 6.90. The second kappa shape index (κ2) is 6.40. The van der Waals surface area contributed by atoms with Crippen molar-refractivity contribution in [3.63, 3.8) is 0 Å². The van der Waals surface area contributed by atoms with Gasteiger partial charge in [0.15, 0.2) is 0 Å². The largest absolute Gasteiger partial charge is 0.573 e. The van der Waals surface area contributed by atoms with Gasteiger partial charge in [0.1, 0.15) is 5.75 Å². The van der Waals surface area contributed by atoms with Crippen molar-refractivity contribution in [3.8, 4) is 16.9 Å². The zero-order valence-corrected chi connectivity index (χ0v) is 12.3. The lowest BCUT2D eigenvalue weighted by molar-refractivity contribution is -0.274. The van der Waals surface area contributed by atoms with Gasteiger partial charge in [-0.3, -0.25) is 0 Å². The first kappa shape index (κ1) is 16.4. The Morgan fingerprint density at radius 1 is 1.09 bits per heavy atom. The summed E-state index contributed by atoms with van der Waals surface area (Å²) in [7, 11) is 0. The van der Waals surface area contributed by atoms with Gasteiger partial charge in [0, 0.05) is 0 Å². The van der Waals surface area contributed by atoms with Crippen LogP contribution in [-0.4, -0.2) is 11.5 Å². The summed E-state index contributed by atoms with van der Waals surface area (Å²) in [6.45, 7) is 3.82. The molecule has 5 heteroatoms. The summed E-state index contributed by atoms with van der Waals surface area (Å²) in [6, 6.07) is 11.5. The fraction of sp³-hybridized carbons (Fsp3) is 0.294. The van der Waals surface area contributed by atoms with Crippen LogP contribution >= 0.6 is 0 Å². The predicted molar refractivity (Wildman–Crippen MR) is 78.6 cm³/mol. The zero-order valence-electron chi connectivity index (χ0n) is 12.3. The topological polar surface area (TPSA) is 29.5 Å². The van der Waals surface area contributed by atoms with Crippen LogP contribution in [0.25, 0.3) is 11.1 Å². The summed E-state index contributed by atoms with van der Waals surface area (Å²) in [5, 5.41) is 9.42. The van der Waals surface area contributed by atoms with Gasteiger partial charge in [-0.2, -0.15) is 0 Å². The maximum Gasteiger partial charge on any atom is 0.573 e. The fourth-order valence-electron chi connectivity index (χ4n) is 2.22. The normalized spacial score (nSPS) is 11.8. The van der Waals surface area contributed by atoms with Gasteiger partial charge in [-0.1, -0.05) is 44.2 Å². The maximum absolute atomic E-state index is 12.4. The van der Waals surface area contributed by atoms with Crippen LogP contribution in [0.3, 0.4) is 0 Å². The van der Waals surface area contributed by atoms with E-state index in [0.29, 0.717) is 17.0 Å². The molecule has 0 amide bonds. The summed E-state index contributed by atoms with van der Waals surface area (Å²) < 4.78 is 41.0. The number of halogens is 3. The summed E-state index contributed by atoms with van der Waals surface area (Å²) in [5.41, 5.74) is 2.91. The molecule has 2 aromatic carbocycles. The Bertz CT molecular complexity index is 649. The van der Waals surface area contributed by atoms with Gasteiger partial charge in [-0.05, 0) is 40.3 Å². The van der Waals surface area contributed by atoms with Crippen molar-refractivity contribution in [1.29, 1.82) is 0 Å². The van der Waals surface area contributed by atoms with Gasteiger partial charge in [0.2, 0.25) is 0 Å². The molecule has 0 aliphatic heterocycles. The molecule has 2 aromatic rings. The Labute approximate surface area is 127 Å². The van der Waals surface area contributed by atoms with E-state index < -0.39 is 6.36 Å². The molecule has 118 valence electrons. The molecule has 0 bridgehead atoms. The highest BCUT2D eigenvalue weighted by Crippen LogP contribution is 2.32. The monoisotopic (exact) mass is 310 g/mol. The molecule has 0 aliphatic rings. The summed E-state index contributed by atoms with van der Waals surface area (Å²) in [6.07, 6.45) is -4.74. The van der Waals surface area contributed by atoms with E-state index in [1.165, 1.54) is 18.2 Å². The molecule has 0 aliphatic carbocycles. The Morgan fingerprint density at radius 3 is 2.41 bits per heavy atom. The molecule has 1 N–H and O–H groups in total. The number of aliphatic hydroxyl groups is 1. The van der Waals surface area contributed by atoms with Crippen LogP contribution in [0.15, 0.2) is 42.5 Å². The average molecular weight is 310 g/mol. The van der Waals surface area contributed by atoms with Crippen LogP contribution in [-0.2, 0) is 6.61 Å². The van der Waals surface area contributed by atoms with Gasteiger partial charge in [0.25, 0.3) is 0 Å². The highest BCUT2D eigenvalue weighted by atomic mass is 19.4. The van der Waals surface area contributed by atoms with E-state index >= 15 is 0 Å². The van der Waals surface area contributed by atoms with E-state index in [0.717, 1.165) is 11.1 Å². The van der Waals surface area contributed by atoms with Crippen LogP contribution in [0.2, 0.25) is 0 Å². The van der Waals surface area contributed by atoms with Crippen molar-refractivity contribution >= 4 is 0 Å². The van der Waals surface area contributed by atoms with Gasteiger partial charge in [-0.25, -0.2) is 0 Å². The van der Waals surface area contributed by atoms with Crippen LogP contribution in [0.5, 0.6) is 5.75 Å². The van der Waals surface area contributed by atoms with E-state index in [1.54, 1.807) is 6.07 Å². The fourth-order valence-corrected chi connectivity index (χ4v) is 2.22. The van der Waals surface area contributed by atoms with E-state index in [2.05, 4.69) is 4.74 Å². The second-order valence-electron chi connectivity index (χ2n) is 5.31. The first-order valence-corrected chi connectivity index (χ1v) is 6.90. The molecular formula is C17H17F3O2. The lowest BCUT2D eigenvalue weighted by Gasteiger charge is -2.14. The number of aliphatic hydroxyl groups excluding tert-OH is 1. The van der Waals surface area contributed by atoms with Crippen molar-refractivity contribution < 1.29 is 23.0 Å². The van der Waals surface area contributed by atoms with E-state index in [1.807, 2.05) is 32.0 Å². The third-order valence-electron chi connectivity index (χ3n) is 3.35. The first-order chi connectivity index (χ1) is 10.3. The van der Waals surface area contributed by atoms with Crippen molar-refractivity contribution in [2.45, 2.75) is 32.7 Å². The lowest BCUT2D eigenvalue weighted by atomic mass is 9.95. The van der Waals surface area contributed by atoms with Crippen LogP contribution in [0.4, 0.5) is 13.2 Å². The van der Waals surface area contributed by atoms with Crippen LogP contribution in [0.1, 0.15) is 30.9 Å². The Morgan fingerprint density at radius 2 is 1.82 bits per heavy atom. The molecule has 0 saturated carbocycles. The molecule has 22 heavy (non-hydrogen) atoms. The predicted octanol–water partition coefficient (Wildman–Crippen LogP) is 4.87. The van der Waals surface area contributed by atoms with Gasteiger partial charge in [-0.15, -0.1) is 13.2 Å². The molecule has 0 unspecified atom stereocenters. The molecule has 0 heterocycles. The van der Waals surface area contributed by atoms with Crippen LogP contribution in [0, 0.1) is 0 Å². The molecule has 0 saturated heterocycles. The Balaban J connectivity index is 2.48. The third kappa shape index (κ3) is 4.01. The molecular weight excluding hydrogens is 293 g/mol. The lowest BCUT2D eigenvalue weighted by Crippen LogP contribution is -2.17. The van der Waals surface area contributed by atoms with Gasteiger partial charge < -0.3 is 9.84 Å². The standard InChI is InChI=1S/C17H17F3O2/c1-11(2)12-4-3-5-13(8-12)16-9-15(22-17(18,19)20)7-6-14(16)10-21/h3-9,11,21H,10H2,1-2H3. The highest BCUT2D eigenvalue weighted by molar-refractivity contribution is 5.69. The number of hydrogen-bond donors (Lipinski definition) is 1. The molecule has 0 fully saturated rings. The Kier molecular flexibility index (Phi) is 4.76.